The van der Waals surface area contributed by atoms with Crippen molar-refractivity contribution in [2.75, 3.05) is 13.1 Å². The zero-order valence-corrected chi connectivity index (χ0v) is 15.7. The molecule has 1 saturated heterocycles. The normalized spacial score (nSPS) is 16.3. The highest BCUT2D eigenvalue weighted by Crippen LogP contribution is 2.22. The molecule has 1 fully saturated rings. The molecule has 0 saturated carbocycles. The minimum absolute atomic E-state index is 0.00884. The van der Waals surface area contributed by atoms with E-state index in [0.717, 1.165) is 0 Å². The Hall–Kier alpha value is -3.82. The summed E-state index contributed by atoms with van der Waals surface area (Å²) in [4.78, 5) is 52.7. The van der Waals surface area contributed by atoms with Crippen LogP contribution in [0.3, 0.4) is 0 Å². The predicted molar refractivity (Wildman–Crippen MR) is 99.9 cm³/mol. The number of aliphatic carboxylic acids is 1. The van der Waals surface area contributed by atoms with Gasteiger partial charge in [0.05, 0.1) is 0 Å². The third kappa shape index (κ3) is 5.16. The number of rotatable bonds is 7. The van der Waals surface area contributed by atoms with Crippen molar-refractivity contribution < 1.29 is 33.4 Å². The number of nitrogens with one attached hydrogen (secondary N) is 1. The van der Waals surface area contributed by atoms with Gasteiger partial charge >= 0.3 is 5.97 Å². The Labute approximate surface area is 170 Å². The number of halogens is 1. The van der Waals surface area contributed by atoms with Gasteiger partial charge in [-0.3, -0.25) is 19.2 Å². The van der Waals surface area contributed by atoms with E-state index < -0.39 is 41.8 Å². The van der Waals surface area contributed by atoms with Gasteiger partial charge in [-0.2, -0.15) is 0 Å². The van der Waals surface area contributed by atoms with Gasteiger partial charge < -0.3 is 20.1 Å². The van der Waals surface area contributed by atoms with Gasteiger partial charge in [0.25, 0.3) is 0 Å². The summed E-state index contributed by atoms with van der Waals surface area (Å²) < 4.78 is 18.7. The maximum atomic E-state index is 13.2. The van der Waals surface area contributed by atoms with Crippen LogP contribution in [0.25, 0.3) is 0 Å². The molecule has 30 heavy (non-hydrogen) atoms. The highest BCUT2D eigenvalue weighted by molar-refractivity contribution is 6.19. The molecule has 1 aromatic carbocycles. The van der Waals surface area contributed by atoms with Crippen LogP contribution in [0.4, 0.5) is 4.39 Å². The van der Waals surface area contributed by atoms with Crippen LogP contribution in [0, 0.1) is 11.7 Å². The Balaban J connectivity index is 1.63. The number of ketones is 1. The van der Waals surface area contributed by atoms with E-state index in [2.05, 4.69) is 10.3 Å². The number of nitrogens with zero attached hydrogens (tertiary/aromatic N) is 2. The van der Waals surface area contributed by atoms with Gasteiger partial charge in [-0.05, 0) is 17.7 Å². The maximum Gasteiger partial charge on any atom is 0.322 e. The Morgan fingerprint density at radius 3 is 2.73 bits per heavy atom. The topological polar surface area (TPSA) is 126 Å². The number of carbonyl (C=O) groups is 4. The fourth-order valence-electron chi connectivity index (χ4n) is 2.94. The number of likely N-dealkylation sites (tertiary alicyclic amines) is 1. The molecule has 2 aromatic rings. The SMILES string of the molecule is O=C(O)CNC(=O)C1C(=O)CCN(Cc2ccc(Oc3cccc(F)c3)nc2)C1=O. The lowest BCUT2D eigenvalue weighted by molar-refractivity contribution is -0.152. The van der Waals surface area contributed by atoms with Gasteiger partial charge in [-0.15, -0.1) is 0 Å². The van der Waals surface area contributed by atoms with Crippen molar-refractivity contribution in [2.24, 2.45) is 5.92 Å². The lowest BCUT2D eigenvalue weighted by Crippen LogP contribution is -2.52. The lowest BCUT2D eigenvalue weighted by Gasteiger charge is -2.30. The Bertz CT molecular complexity index is 979. The van der Waals surface area contributed by atoms with E-state index >= 15 is 0 Å². The highest BCUT2D eigenvalue weighted by Gasteiger charge is 2.40. The van der Waals surface area contributed by atoms with E-state index in [1.54, 1.807) is 18.2 Å². The van der Waals surface area contributed by atoms with Crippen molar-refractivity contribution in [1.82, 2.24) is 15.2 Å². The third-order valence-corrected chi connectivity index (χ3v) is 4.37. The fraction of sp³-hybridized carbons (Fsp3) is 0.250. The summed E-state index contributed by atoms with van der Waals surface area (Å²) in [6.07, 6.45) is 1.46. The van der Waals surface area contributed by atoms with Crippen molar-refractivity contribution in [3.63, 3.8) is 0 Å². The number of piperidine rings is 1. The first-order valence-electron chi connectivity index (χ1n) is 9.03. The molecular formula is C20H18FN3O6. The average Bonchev–Trinajstić information content (AvgIpc) is 2.70. The molecule has 2 amide bonds. The van der Waals surface area contributed by atoms with Crippen molar-refractivity contribution in [3.05, 3.63) is 54.0 Å². The number of carboxylic acid groups (broad SMARTS) is 1. The fourth-order valence-corrected chi connectivity index (χ4v) is 2.94. The van der Waals surface area contributed by atoms with Crippen molar-refractivity contribution >= 4 is 23.6 Å². The first-order chi connectivity index (χ1) is 14.3. The van der Waals surface area contributed by atoms with Gasteiger partial charge in [0, 0.05) is 37.8 Å². The van der Waals surface area contributed by atoms with Crippen LogP contribution in [-0.2, 0) is 25.7 Å². The number of pyridine rings is 1. The first-order valence-corrected chi connectivity index (χ1v) is 9.03. The summed E-state index contributed by atoms with van der Waals surface area (Å²) in [5.41, 5.74) is 0.633. The van der Waals surface area contributed by atoms with Gasteiger partial charge in [0.15, 0.2) is 11.7 Å². The average molecular weight is 415 g/mol. The van der Waals surface area contributed by atoms with Gasteiger partial charge in [-0.1, -0.05) is 12.1 Å². The molecule has 1 atom stereocenters. The third-order valence-electron chi connectivity index (χ3n) is 4.37. The number of amides is 2. The van der Waals surface area contributed by atoms with E-state index in [1.165, 1.54) is 29.3 Å². The molecule has 9 nitrogen and oxygen atoms in total. The summed E-state index contributed by atoms with van der Waals surface area (Å²) in [6.45, 7) is -0.420. The molecular weight excluding hydrogens is 397 g/mol. The Morgan fingerprint density at radius 1 is 1.27 bits per heavy atom. The summed E-state index contributed by atoms with van der Waals surface area (Å²) in [5, 5.41) is 10.7. The smallest absolute Gasteiger partial charge is 0.322 e. The number of aromatic nitrogens is 1. The van der Waals surface area contributed by atoms with E-state index in [1.807, 2.05) is 0 Å². The van der Waals surface area contributed by atoms with Crippen LogP contribution in [0.15, 0.2) is 42.6 Å². The second-order valence-electron chi connectivity index (χ2n) is 6.58. The molecule has 0 radical (unpaired) electrons. The maximum absolute atomic E-state index is 13.2. The number of carboxylic acids is 1. The molecule has 2 heterocycles. The van der Waals surface area contributed by atoms with E-state index in [0.29, 0.717) is 5.56 Å². The predicted octanol–water partition coefficient (Wildman–Crippen LogP) is 1.13. The summed E-state index contributed by atoms with van der Waals surface area (Å²) >= 11 is 0. The monoisotopic (exact) mass is 415 g/mol. The molecule has 0 aliphatic carbocycles. The van der Waals surface area contributed by atoms with Gasteiger partial charge in [0.2, 0.25) is 17.7 Å². The summed E-state index contributed by atoms with van der Waals surface area (Å²) in [5.74, 6) is -4.90. The highest BCUT2D eigenvalue weighted by atomic mass is 19.1. The minimum Gasteiger partial charge on any atom is -0.480 e. The van der Waals surface area contributed by atoms with Gasteiger partial charge in [0.1, 0.15) is 18.1 Å². The molecule has 1 aliphatic rings. The van der Waals surface area contributed by atoms with E-state index in [-0.39, 0.29) is 31.1 Å². The van der Waals surface area contributed by atoms with Crippen LogP contribution in [0.2, 0.25) is 0 Å². The van der Waals surface area contributed by atoms with Crippen molar-refractivity contribution in [3.8, 4) is 11.6 Å². The second-order valence-corrected chi connectivity index (χ2v) is 6.58. The summed E-state index contributed by atoms with van der Waals surface area (Å²) in [6, 6.07) is 8.80. The van der Waals surface area contributed by atoms with Crippen molar-refractivity contribution in [1.29, 1.82) is 0 Å². The zero-order valence-electron chi connectivity index (χ0n) is 15.7. The van der Waals surface area contributed by atoms with Gasteiger partial charge in [-0.25, -0.2) is 9.37 Å². The molecule has 0 spiro atoms. The quantitative estimate of drug-likeness (QED) is 0.649. The second kappa shape index (κ2) is 9.12. The molecule has 3 rings (SSSR count). The van der Waals surface area contributed by atoms with Crippen molar-refractivity contribution in [2.45, 2.75) is 13.0 Å². The van der Waals surface area contributed by atoms with E-state index in [4.69, 9.17) is 9.84 Å². The van der Waals surface area contributed by atoms with Crippen LogP contribution >= 0.6 is 0 Å². The Morgan fingerprint density at radius 2 is 2.07 bits per heavy atom. The zero-order chi connectivity index (χ0) is 21.7. The lowest BCUT2D eigenvalue weighted by atomic mass is 9.94. The summed E-state index contributed by atoms with van der Waals surface area (Å²) in [7, 11) is 0. The van der Waals surface area contributed by atoms with Crippen LogP contribution in [0.1, 0.15) is 12.0 Å². The van der Waals surface area contributed by atoms with Crippen LogP contribution < -0.4 is 10.1 Å². The number of ether oxygens (including phenoxy) is 1. The minimum atomic E-state index is -1.55. The molecule has 10 heteroatoms. The number of Topliss-reactive ketones (excluding diaryl/α,β-unsaturated/α-hetero) is 1. The molecule has 1 aliphatic heterocycles. The molecule has 156 valence electrons. The first kappa shape index (κ1) is 20.9. The molecule has 0 bridgehead atoms. The number of hydrogen-bond acceptors (Lipinski definition) is 6. The number of carbonyl (C=O) groups excluding carboxylic acids is 3. The number of hydrogen-bond donors (Lipinski definition) is 2. The van der Waals surface area contributed by atoms with Crippen LogP contribution in [-0.4, -0.2) is 51.6 Å². The standard InChI is InChI=1S/C20H18FN3O6/c21-13-2-1-3-14(8-13)30-16-5-4-12(9-22-16)11-24-7-6-15(25)18(20(24)29)19(28)23-10-17(26)27/h1-5,8-9,18H,6-7,10-11H2,(H,23,28)(H,26,27). The number of benzene rings is 1. The Kier molecular flexibility index (Phi) is 6.35. The van der Waals surface area contributed by atoms with Crippen LogP contribution in [0.5, 0.6) is 11.6 Å². The molecule has 1 aromatic heterocycles. The molecule has 1 unspecified atom stereocenters. The molecule has 2 N–H and O–H groups in total. The largest absolute Gasteiger partial charge is 0.480 e. The van der Waals surface area contributed by atoms with E-state index in [9.17, 15) is 23.6 Å².